The number of carboxylic acid groups (broad SMARTS) is 1. The van der Waals surface area contributed by atoms with Crippen molar-refractivity contribution in [1.82, 2.24) is 5.32 Å². The minimum Gasteiger partial charge on any atom is -0.480 e. The van der Waals surface area contributed by atoms with Crippen LogP contribution in [0.3, 0.4) is 0 Å². The van der Waals surface area contributed by atoms with E-state index in [0.717, 1.165) is 5.56 Å². The molecule has 2 N–H and O–H groups in total. The van der Waals surface area contributed by atoms with Crippen LogP contribution in [0.15, 0.2) is 43.0 Å². The summed E-state index contributed by atoms with van der Waals surface area (Å²) in [6.45, 7) is 7.21. The van der Waals surface area contributed by atoms with Gasteiger partial charge in [0.05, 0.1) is 0 Å². The molecule has 0 aliphatic heterocycles. The van der Waals surface area contributed by atoms with Crippen molar-refractivity contribution < 1.29 is 14.7 Å². The highest BCUT2D eigenvalue weighted by atomic mass is 16.4. The van der Waals surface area contributed by atoms with Crippen LogP contribution >= 0.6 is 0 Å². The lowest BCUT2D eigenvalue weighted by Crippen LogP contribution is -2.47. The average Bonchev–Trinajstić information content (AvgIpc) is 2.43. The van der Waals surface area contributed by atoms with E-state index in [-0.39, 0.29) is 5.91 Å². The van der Waals surface area contributed by atoms with Gasteiger partial charge in [0.1, 0.15) is 6.04 Å². The molecule has 0 saturated heterocycles. The molecule has 0 saturated carbocycles. The first-order valence-corrected chi connectivity index (χ1v) is 7.05. The zero-order valence-corrected chi connectivity index (χ0v) is 12.6. The second-order valence-corrected chi connectivity index (χ2v) is 5.78. The third-order valence-corrected chi connectivity index (χ3v) is 3.37. The highest BCUT2D eigenvalue weighted by molar-refractivity contribution is 5.87. The zero-order valence-electron chi connectivity index (χ0n) is 12.6. The Bertz CT molecular complexity index is 494. The van der Waals surface area contributed by atoms with Gasteiger partial charge in [0.2, 0.25) is 5.91 Å². The molecule has 0 aliphatic rings. The van der Waals surface area contributed by atoms with Crippen molar-refractivity contribution in [2.24, 2.45) is 5.41 Å². The maximum atomic E-state index is 12.3. The molecule has 0 radical (unpaired) electrons. The molecule has 1 atom stereocenters. The van der Waals surface area contributed by atoms with Crippen molar-refractivity contribution in [2.75, 3.05) is 0 Å². The Kier molecular flexibility index (Phi) is 6.15. The Morgan fingerprint density at radius 3 is 2.48 bits per heavy atom. The summed E-state index contributed by atoms with van der Waals surface area (Å²) in [5, 5.41) is 11.8. The fourth-order valence-electron chi connectivity index (χ4n) is 2.08. The molecule has 0 heterocycles. The average molecular weight is 289 g/mol. The smallest absolute Gasteiger partial charge is 0.326 e. The maximum Gasteiger partial charge on any atom is 0.326 e. The van der Waals surface area contributed by atoms with Gasteiger partial charge in [0.15, 0.2) is 0 Å². The Labute approximate surface area is 125 Å². The number of carbonyl (C=O) groups is 2. The van der Waals surface area contributed by atoms with Crippen LogP contribution in [0.5, 0.6) is 0 Å². The molecule has 21 heavy (non-hydrogen) atoms. The number of aliphatic carboxylic acids is 1. The van der Waals surface area contributed by atoms with Gasteiger partial charge in [-0.05, 0) is 24.8 Å². The van der Waals surface area contributed by atoms with Crippen LogP contribution < -0.4 is 5.32 Å². The Hall–Kier alpha value is -2.10. The van der Waals surface area contributed by atoms with Gasteiger partial charge in [-0.1, -0.05) is 50.3 Å². The molecule has 1 unspecified atom stereocenters. The van der Waals surface area contributed by atoms with Crippen molar-refractivity contribution in [3.05, 3.63) is 48.6 Å². The molecule has 4 heteroatoms. The third kappa shape index (κ3) is 5.42. The standard InChI is InChI=1S/C17H23NO3/c1-4-5-11-14(15(19)20)18-16(21)17(2,3)12-13-9-7-6-8-10-13/h4,6-10,14H,1,5,11-12H2,2-3H3,(H,18,21)(H,19,20). The third-order valence-electron chi connectivity index (χ3n) is 3.37. The summed E-state index contributed by atoms with van der Waals surface area (Å²) in [7, 11) is 0. The van der Waals surface area contributed by atoms with E-state index in [0.29, 0.717) is 19.3 Å². The van der Waals surface area contributed by atoms with Gasteiger partial charge in [-0.3, -0.25) is 4.79 Å². The van der Waals surface area contributed by atoms with Gasteiger partial charge in [-0.25, -0.2) is 4.79 Å². The van der Waals surface area contributed by atoms with E-state index in [2.05, 4.69) is 11.9 Å². The van der Waals surface area contributed by atoms with Crippen LogP contribution in [0.4, 0.5) is 0 Å². The predicted molar refractivity (Wildman–Crippen MR) is 82.9 cm³/mol. The van der Waals surface area contributed by atoms with Crippen molar-refractivity contribution >= 4 is 11.9 Å². The van der Waals surface area contributed by atoms with Crippen LogP contribution in [0.25, 0.3) is 0 Å². The van der Waals surface area contributed by atoms with Gasteiger partial charge >= 0.3 is 5.97 Å². The first kappa shape index (κ1) is 17.0. The van der Waals surface area contributed by atoms with E-state index in [9.17, 15) is 9.59 Å². The minimum absolute atomic E-state index is 0.247. The number of amides is 1. The van der Waals surface area contributed by atoms with Crippen LogP contribution in [-0.2, 0) is 16.0 Å². The number of carbonyl (C=O) groups excluding carboxylic acids is 1. The number of carboxylic acids is 1. The first-order chi connectivity index (χ1) is 9.86. The molecule has 1 rings (SSSR count). The molecular formula is C17H23NO3. The molecule has 114 valence electrons. The Morgan fingerprint density at radius 2 is 1.95 bits per heavy atom. The first-order valence-electron chi connectivity index (χ1n) is 7.05. The van der Waals surface area contributed by atoms with Crippen LogP contribution in [-0.4, -0.2) is 23.0 Å². The quantitative estimate of drug-likeness (QED) is 0.723. The van der Waals surface area contributed by atoms with Crippen LogP contribution in [0.1, 0.15) is 32.3 Å². The Balaban J connectivity index is 2.70. The molecule has 0 bridgehead atoms. The van der Waals surface area contributed by atoms with E-state index in [4.69, 9.17) is 5.11 Å². The molecule has 4 nitrogen and oxygen atoms in total. The molecule has 0 aliphatic carbocycles. The van der Waals surface area contributed by atoms with Gasteiger partial charge in [-0.2, -0.15) is 0 Å². The number of rotatable bonds is 8. The largest absolute Gasteiger partial charge is 0.480 e. The number of hydrogen-bond donors (Lipinski definition) is 2. The number of nitrogens with one attached hydrogen (secondary N) is 1. The van der Waals surface area contributed by atoms with E-state index >= 15 is 0 Å². The summed E-state index contributed by atoms with van der Waals surface area (Å²) in [5.74, 6) is -1.26. The van der Waals surface area contributed by atoms with Crippen molar-refractivity contribution in [3.63, 3.8) is 0 Å². The van der Waals surface area contributed by atoms with Gasteiger partial charge in [0, 0.05) is 5.41 Å². The van der Waals surface area contributed by atoms with Crippen LogP contribution in [0, 0.1) is 5.41 Å². The highest BCUT2D eigenvalue weighted by Gasteiger charge is 2.31. The lowest BCUT2D eigenvalue weighted by Gasteiger charge is -2.26. The second kappa shape index (κ2) is 7.62. The fraction of sp³-hybridized carbons (Fsp3) is 0.412. The normalized spacial score (nSPS) is 12.5. The summed E-state index contributed by atoms with van der Waals surface area (Å²) in [6, 6.07) is 8.82. The molecule has 0 fully saturated rings. The van der Waals surface area contributed by atoms with E-state index in [1.165, 1.54) is 0 Å². The van der Waals surface area contributed by atoms with E-state index < -0.39 is 17.4 Å². The molecule has 1 aromatic carbocycles. The molecule has 1 aromatic rings. The van der Waals surface area contributed by atoms with Gasteiger partial charge in [-0.15, -0.1) is 6.58 Å². The Morgan fingerprint density at radius 1 is 1.33 bits per heavy atom. The van der Waals surface area contributed by atoms with Crippen molar-refractivity contribution in [3.8, 4) is 0 Å². The number of allylic oxidation sites excluding steroid dienone is 1. The molecule has 0 aromatic heterocycles. The fourth-order valence-corrected chi connectivity index (χ4v) is 2.08. The van der Waals surface area contributed by atoms with E-state index in [1.54, 1.807) is 6.08 Å². The SMILES string of the molecule is C=CCCC(NC(=O)C(C)(C)Cc1ccccc1)C(=O)O. The summed E-state index contributed by atoms with van der Waals surface area (Å²) >= 11 is 0. The van der Waals surface area contributed by atoms with Gasteiger partial charge < -0.3 is 10.4 Å². The number of benzene rings is 1. The molecule has 1 amide bonds. The van der Waals surface area contributed by atoms with Crippen molar-refractivity contribution in [2.45, 2.75) is 39.2 Å². The number of hydrogen-bond acceptors (Lipinski definition) is 2. The second-order valence-electron chi connectivity index (χ2n) is 5.78. The lowest BCUT2D eigenvalue weighted by atomic mass is 9.84. The van der Waals surface area contributed by atoms with Crippen molar-refractivity contribution in [1.29, 1.82) is 0 Å². The summed E-state index contributed by atoms with van der Waals surface area (Å²) < 4.78 is 0. The molecular weight excluding hydrogens is 266 g/mol. The summed E-state index contributed by atoms with van der Waals surface area (Å²) in [4.78, 5) is 23.5. The van der Waals surface area contributed by atoms with Gasteiger partial charge in [0.25, 0.3) is 0 Å². The molecule has 0 spiro atoms. The summed E-state index contributed by atoms with van der Waals surface area (Å²) in [5.41, 5.74) is 0.388. The summed E-state index contributed by atoms with van der Waals surface area (Å²) in [6.07, 6.45) is 3.12. The lowest BCUT2D eigenvalue weighted by molar-refractivity contribution is -0.143. The topological polar surface area (TPSA) is 66.4 Å². The van der Waals surface area contributed by atoms with Crippen LogP contribution in [0.2, 0.25) is 0 Å². The highest BCUT2D eigenvalue weighted by Crippen LogP contribution is 2.22. The predicted octanol–water partition coefficient (Wildman–Crippen LogP) is 2.79. The zero-order chi connectivity index (χ0) is 15.9. The van der Waals surface area contributed by atoms with E-state index in [1.807, 2.05) is 44.2 Å². The monoisotopic (exact) mass is 289 g/mol. The maximum absolute atomic E-state index is 12.3. The minimum atomic E-state index is -1.01.